The number of carbonyl (C=O) groups is 2. The summed E-state index contributed by atoms with van der Waals surface area (Å²) in [6, 6.07) is 18.1. The number of nitrogens with zero attached hydrogens (tertiary/aromatic N) is 1. The van der Waals surface area contributed by atoms with Crippen molar-refractivity contribution >= 4 is 11.8 Å². The second-order valence-corrected chi connectivity index (χ2v) is 7.29. The molecule has 0 unspecified atom stereocenters. The van der Waals surface area contributed by atoms with Gasteiger partial charge in [-0.25, -0.2) is 0 Å². The van der Waals surface area contributed by atoms with Crippen LogP contribution in [0.5, 0.6) is 0 Å². The molecule has 2 rings (SSSR count). The summed E-state index contributed by atoms with van der Waals surface area (Å²) in [6.45, 7) is 5.82. The first kappa shape index (κ1) is 18.7. The molecule has 0 aliphatic rings. The van der Waals surface area contributed by atoms with E-state index in [0.29, 0.717) is 0 Å². The summed E-state index contributed by atoms with van der Waals surface area (Å²) >= 11 is 0. The lowest BCUT2D eigenvalue weighted by Gasteiger charge is -2.23. The molecule has 0 fully saturated rings. The van der Waals surface area contributed by atoms with Gasteiger partial charge in [0.1, 0.15) is 0 Å². The molecule has 0 aromatic heterocycles. The van der Waals surface area contributed by atoms with E-state index in [0.717, 1.165) is 16.7 Å². The molecule has 0 spiro atoms. The van der Waals surface area contributed by atoms with Crippen molar-refractivity contribution < 1.29 is 9.59 Å². The van der Waals surface area contributed by atoms with E-state index >= 15 is 0 Å². The van der Waals surface area contributed by atoms with Crippen LogP contribution < -0.4 is 5.32 Å². The molecule has 2 aromatic carbocycles. The maximum atomic E-state index is 12.3. The molecule has 132 valence electrons. The molecule has 0 saturated heterocycles. The van der Waals surface area contributed by atoms with Gasteiger partial charge < -0.3 is 10.2 Å². The number of hydrogen-bond donors (Lipinski definition) is 1. The highest BCUT2D eigenvalue weighted by Crippen LogP contribution is 2.19. The Morgan fingerprint density at radius 1 is 0.920 bits per heavy atom. The SMILES string of the molecule is CN(CC(=O)NC(C)(C)C)C(=O)Cc1ccc(-c2ccccc2)cc1. The van der Waals surface area contributed by atoms with Crippen molar-refractivity contribution in [2.75, 3.05) is 13.6 Å². The molecule has 0 aliphatic heterocycles. The lowest BCUT2D eigenvalue weighted by Crippen LogP contribution is -2.46. The van der Waals surface area contributed by atoms with Crippen LogP contribution in [-0.2, 0) is 16.0 Å². The summed E-state index contributed by atoms with van der Waals surface area (Å²) in [4.78, 5) is 25.7. The Kier molecular flexibility index (Phi) is 5.97. The number of nitrogens with one attached hydrogen (secondary N) is 1. The minimum Gasteiger partial charge on any atom is -0.350 e. The van der Waals surface area contributed by atoms with E-state index in [2.05, 4.69) is 17.4 Å². The minimum atomic E-state index is -0.297. The topological polar surface area (TPSA) is 49.4 Å². The zero-order chi connectivity index (χ0) is 18.4. The van der Waals surface area contributed by atoms with Gasteiger partial charge in [-0.3, -0.25) is 9.59 Å². The fourth-order valence-electron chi connectivity index (χ4n) is 2.52. The zero-order valence-electron chi connectivity index (χ0n) is 15.4. The fraction of sp³-hybridized carbons (Fsp3) is 0.333. The molecule has 0 radical (unpaired) electrons. The molecule has 0 saturated carbocycles. The van der Waals surface area contributed by atoms with Gasteiger partial charge in [0.05, 0.1) is 13.0 Å². The molecule has 0 aliphatic carbocycles. The number of hydrogen-bond acceptors (Lipinski definition) is 2. The molecule has 2 amide bonds. The van der Waals surface area contributed by atoms with Crippen molar-refractivity contribution in [2.24, 2.45) is 0 Å². The Balaban J connectivity index is 1.93. The van der Waals surface area contributed by atoms with Crippen LogP contribution in [0, 0.1) is 0 Å². The predicted octanol–water partition coefficient (Wildman–Crippen LogP) is 3.27. The van der Waals surface area contributed by atoms with Crippen LogP contribution >= 0.6 is 0 Å². The van der Waals surface area contributed by atoms with E-state index in [9.17, 15) is 9.59 Å². The maximum absolute atomic E-state index is 12.3. The normalized spacial score (nSPS) is 11.0. The summed E-state index contributed by atoms with van der Waals surface area (Å²) in [7, 11) is 1.66. The Bertz CT molecular complexity index is 716. The highest BCUT2D eigenvalue weighted by molar-refractivity contribution is 5.86. The van der Waals surface area contributed by atoms with Crippen molar-refractivity contribution in [2.45, 2.75) is 32.7 Å². The monoisotopic (exact) mass is 338 g/mol. The van der Waals surface area contributed by atoms with E-state index in [1.54, 1.807) is 7.05 Å². The summed E-state index contributed by atoms with van der Waals surface area (Å²) in [5.74, 6) is -0.223. The van der Waals surface area contributed by atoms with Crippen LogP contribution in [-0.4, -0.2) is 35.8 Å². The first-order valence-electron chi connectivity index (χ1n) is 8.44. The smallest absolute Gasteiger partial charge is 0.240 e. The maximum Gasteiger partial charge on any atom is 0.240 e. The number of rotatable bonds is 5. The van der Waals surface area contributed by atoms with Gasteiger partial charge >= 0.3 is 0 Å². The third kappa shape index (κ3) is 6.07. The first-order chi connectivity index (χ1) is 11.7. The Morgan fingerprint density at radius 2 is 1.48 bits per heavy atom. The molecule has 0 heterocycles. The molecular weight excluding hydrogens is 312 g/mol. The van der Waals surface area contributed by atoms with Crippen LogP contribution in [0.25, 0.3) is 11.1 Å². The van der Waals surface area contributed by atoms with Crippen LogP contribution in [0.15, 0.2) is 54.6 Å². The molecule has 4 nitrogen and oxygen atoms in total. The lowest BCUT2D eigenvalue weighted by atomic mass is 10.0. The number of likely N-dealkylation sites (N-methyl/N-ethyl adjacent to an activating group) is 1. The fourth-order valence-corrected chi connectivity index (χ4v) is 2.52. The highest BCUT2D eigenvalue weighted by atomic mass is 16.2. The standard InChI is InChI=1S/C21H26N2O2/c1-21(2,3)22-19(24)15-23(4)20(25)14-16-10-12-18(13-11-16)17-8-6-5-7-9-17/h5-13H,14-15H2,1-4H3,(H,22,24). The second-order valence-electron chi connectivity index (χ2n) is 7.29. The van der Waals surface area contributed by atoms with Gasteiger partial charge in [-0.05, 0) is 37.5 Å². The summed E-state index contributed by atoms with van der Waals surface area (Å²) in [6.07, 6.45) is 0.286. The van der Waals surface area contributed by atoms with E-state index in [-0.39, 0.29) is 30.3 Å². The van der Waals surface area contributed by atoms with Gasteiger partial charge in [0, 0.05) is 12.6 Å². The predicted molar refractivity (Wildman–Crippen MR) is 101 cm³/mol. The van der Waals surface area contributed by atoms with Crippen molar-refractivity contribution in [1.82, 2.24) is 10.2 Å². The molecular formula is C21H26N2O2. The van der Waals surface area contributed by atoms with Crippen LogP contribution in [0.1, 0.15) is 26.3 Å². The molecule has 0 bridgehead atoms. The van der Waals surface area contributed by atoms with Gasteiger partial charge in [-0.2, -0.15) is 0 Å². The Labute approximate surface area is 149 Å². The average molecular weight is 338 g/mol. The zero-order valence-corrected chi connectivity index (χ0v) is 15.4. The van der Waals surface area contributed by atoms with E-state index in [1.165, 1.54) is 4.90 Å². The first-order valence-corrected chi connectivity index (χ1v) is 8.44. The summed E-state index contributed by atoms with van der Waals surface area (Å²) < 4.78 is 0. The molecule has 4 heteroatoms. The number of carbonyl (C=O) groups excluding carboxylic acids is 2. The average Bonchev–Trinajstić information content (AvgIpc) is 2.54. The van der Waals surface area contributed by atoms with Gasteiger partial charge in [0.25, 0.3) is 0 Å². The molecule has 2 aromatic rings. The van der Waals surface area contributed by atoms with Crippen molar-refractivity contribution in [3.05, 3.63) is 60.2 Å². The molecule has 1 N–H and O–H groups in total. The Hall–Kier alpha value is -2.62. The van der Waals surface area contributed by atoms with Gasteiger partial charge in [-0.15, -0.1) is 0 Å². The van der Waals surface area contributed by atoms with E-state index in [1.807, 2.05) is 63.2 Å². The van der Waals surface area contributed by atoms with Crippen LogP contribution in [0.2, 0.25) is 0 Å². The number of amides is 2. The van der Waals surface area contributed by atoms with Crippen molar-refractivity contribution in [3.63, 3.8) is 0 Å². The van der Waals surface area contributed by atoms with Crippen LogP contribution in [0.4, 0.5) is 0 Å². The number of benzene rings is 2. The van der Waals surface area contributed by atoms with E-state index < -0.39 is 0 Å². The largest absolute Gasteiger partial charge is 0.350 e. The lowest BCUT2D eigenvalue weighted by molar-refractivity contribution is -0.134. The summed E-state index contributed by atoms with van der Waals surface area (Å²) in [5, 5.41) is 2.86. The minimum absolute atomic E-state index is 0.0677. The van der Waals surface area contributed by atoms with Crippen LogP contribution in [0.3, 0.4) is 0 Å². The highest BCUT2D eigenvalue weighted by Gasteiger charge is 2.17. The van der Waals surface area contributed by atoms with Gasteiger partial charge in [-0.1, -0.05) is 54.6 Å². The second kappa shape index (κ2) is 7.97. The van der Waals surface area contributed by atoms with Crippen molar-refractivity contribution in [1.29, 1.82) is 0 Å². The van der Waals surface area contributed by atoms with Crippen molar-refractivity contribution in [3.8, 4) is 11.1 Å². The molecule has 0 atom stereocenters. The van der Waals surface area contributed by atoms with Gasteiger partial charge in [0.15, 0.2) is 0 Å². The van der Waals surface area contributed by atoms with E-state index in [4.69, 9.17) is 0 Å². The van der Waals surface area contributed by atoms with Gasteiger partial charge in [0.2, 0.25) is 11.8 Å². The Morgan fingerprint density at radius 3 is 2.04 bits per heavy atom. The molecule has 25 heavy (non-hydrogen) atoms. The third-order valence-corrected chi connectivity index (χ3v) is 3.74. The quantitative estimate of drug-likeness (QED) is 0.910. The third-order valence-electron chi connectivity index (χ3n) is 3.74. The summed E-state index contributed by atoms with van der Waals surface area (Å²) in [5.41, 5.74) is 2.91.